The zero-order valence-electron chi connectivity index (χ0n) is 16.1. The first-order valence-electron chi connectivity index (χ1n) is 10.2. The first kappa shape index (κ1) is 20.7. The third-order valence-corrected chi connectivity index (χ3v) is 6.96. The van der Waals surface area contributed by atoms with E-state index in [9.17, 15) is 23.1 Å². The summed E-state index contributed by atoms with van der Waals surface area (Å²) in [6, 6.07) is 1.08. The molecule has 0 radical (unpaired) electrons. The fraction of sp³-hybridized carbons (Fsp3) is 0.700. The zero-order valence-corrected chi connectivity index (χ0v) is 16.8. The van der Waals surface area contributed by atoms with E-state index in [1.165, 1.54) is 0 Å². The molecule has 1 amide bonds. The van der Waals surface area contributed by atoms with Gasteiger partial charge < -0.3 is 14.9 Å². The maximum absolute atomic E-state index is 13.3. The Bertz CT molecular complexity index is 783. The Kier molecular flexibility index (Phi) is 5.44. The van der Waals surface area contributed by atoms with Crippen LogP contribution in [0.25, 0.3) is 0 Å². The number of aliphatic hydroxyl groups excluding tert-OH is 1. The van der Waals surface area contributed by atoms with Crippen LogP contribution in [0.15, 0.2) is 12.3 Å². The molecule has 5 nitrogen and oxygen atoms in total. The van der Waals surface area contributed by atoms with Gasteiger partial charge in [-0.25, -0.2) is 4.98 Å². The maximum atomic E-state index is 13.3. The summed E-state index contributed by atoms with van der Waals surface area (Å²) in [5.74, 6) is 0.442. The van der Waals surface area contributed by atoms with Gasteiger partial charge in [0.2, 0.25) is 5.91 Å². The van der Waals surface area contributed by atoms with Crippen molar-refractivity contribution >= 4 is 23.3 Å². The molecule has 3 heterocycles. The molecule has 9 heteroatoms. The second-order valence-electron chi connectivity index (χ2n) is 8.54. The Hall–Kier alpha value is -1.54. The summed E-state index contributed by atoms with van der Waals surface area (Å²) in [5, 5.41) is 9.69. The van der Waals surface area contributed by atoms with E-state index in [-0.39, 0.29) is 23.1 Å². The van der Waals surface area contributed by atoms with Gasteiger partial charge in [0.05, 0.1) is 22.1 Å². The number of pyridine rings is 1. The highest BCUT2D eigenvalue weighted by atomic mass is 35.5. The lowest BCUT2D eigenvalue weighted by molar-refractivity contribution is -0.139. The summed E-state index contributed by atoms with van der Waals surface area (Å²) >= 11 is 6.14. The monoisotopic (exact) mass is 431 g/mol. The van der Waals surface area contributed by atoms with Crippen molar-refractivity contribution in [2.75, 3.05) is 24.5 Å². The molecule has 1 saturated carbocycles. The van der Waals surface area contributed by atoms with Gasteiger partial charge in [-0.3, -0.25) is 4.79 Å². The number of halogens is 4. The van der Waals surface area contributed by atoms with Crippen molar-refractivity contribution in [3.8, 4) is 0 Å². The third-order valence-electron chi connectivity index (χ3n) is 6.68. The molecule has 160 valence electrons. The maximum Gasteiger partial charge on any atom is 0.417 e. The molecule has 3 fully saturated rings. The van der Waals surface area contributed by atoms with Crippen LogP contribution in [0.5, 0.6) is 0 Å². The normalized spacial score (nSPS) is 31.0. The predicted octanol–water partition coefficient (Wildman–Crippen LogP) is 3.88. The minimum atomic E-state index is -4.49. The second kappa shape index (κ2) is 7.61. The van der Waals surface area contributed by atoms with Gasteiger partial charge in [0.15, 0.2) is 0 Å². The van der Waals surface area contributed by atoms with Crippen LogP contribution in [0.4, 0.5) is 19.0 Å². The van der Waals surface area contributed by atoms with Crippen molar-refractivity contribution in [1.82, 2.24) is 9.88 Å². The summed E-state index contributed by atoms with van der Waals surface area (Å²) in [6.45, 7) is 1.74. The lowest BCUT2D eigenvalue weighted by Crippen LogP contribution is -2.50. The van der Waals surface area contributed by atoms with Crippen LogP contribution in [-0.4, -0.2) is 52.7 Å². The van der Waals surface area contributed by atoms with Gasteiger partial charge in [0.25, 0.3) is 0 Å². The SMILES string of the molecule is O=C1N([C@H]2CC[C@@H](O)CC2)CC[C@]12CCCN(c1ncc(C(F)(F)F)cc1Cl)C2. The number of amides is 1. The van der Waals surface area contributed by atoms with E-state index in [1.807, 2.05) is 9.80 Å². The molecular formula is C20H25ClF3N3O2. The van der Waals surface area contributed by atoms with Gasteiger partial charge in [-0.15, -0.1) is 0 Å². The van der Waals surface area contributed by atoms with E-state index in [0.29, 0.717) is 25.5 Å². The Balaban J connectivity index is 1.50. The van der Waals surface area contributed by atoms with Gasteiger partial charge in [-0.2, -0.15) is 13.2 Å². The number of hydrogen-bond donors (Lipinski definition) is 1. The van der Waals surface area contributed by atoms with Gasteiger partial charge in [-0.1, -0.05) is 11.6 Å². The van der Waals surface area contributed by atoms with Crippen molar-refractivity contribution in [3.63, 3.8) is 0 Å². The first-order valence-corrected chi connectivity index (χ1v) is 10.5. The summed E-state index contributed by atoms with van der Waals surface area (Å²) < 4.78 is 38.7. The highest BCUT2D eigenvalue weighted by Crippen LogP contribution is 2.44. The summed E-state index contributed by atoms with van der Waals surface area (Å²) in [5.41, 5.74) is -1.40. The summed E-state index contributed by atoms with van der Waals surface area (Å²) in [6.07, 6.45) is 1.39. The predicted molar refractivity (Wildman–Crippen MR) is 103 cm³/mol. The topological polar surface area (TPSA) is 56.7 Å². The number of hydrogen-bond acceptors (Lipinski definition) is 4. The van der Waals surface area contributed by atoms with Crippen molar-refractivity contribution in [2.45, 2.75) is 63.3 Å². The number of carbonyl (C=O) groups excluding carboxylic acids is 1. The smallest absolute Gasteiger partial charge is 0.393 e. The number of carbonyl (C=O) groups is 1. The van der Waals surface area contributed by atoms with Gasteiger partial charge >= 0.3 is 6.18 Å². The number of nitrogens with zero attached hydrogens (tertiary/aromatic N) is 3. The van der Waals surface area contributed by atoms with E-state index in [0.717, 1.165) is 57.2 Å². The molecule has 4 rings (SSSR count). The number of piperidine rings is 1. The van der Waals surface area contributed by atoms with Crippen LogP contribution in [0.2, 0.25) is 5.02 Å². The Morgan fingerprint density at radius 3 is 2.55 bits per heavy atom. The lowest BCUT2D eigenvalue weighted by Gasteiger charge is -2.41. The quantitative estimate of drug-likeness (QED) is 0.772. The molecule has 1 atom stereocenters. The molecule has 0 bridgehead atoms. The van der Waals surface area contributed by atoms with Gasteiger partial charge in [0.1, 0.15) is 5.82 Å². The third kappa shape index (κ3) is 3.93. The standard InChI is InChI=1S/C20H25ClF3N3O2/c21-16-10-13(20(22,23)24)11-25-17(16)26-8-1-6-19(12-26)7-9-27(18(19)29)14-2-4-15(28)5-3-14/h10-11,14-15,28H,1-9,12H2/t14-,15+,19-/m0/s1. The average Bonchev–Trinajstić information content (AvgIpc) is 2.97. The molecule has 0 unspecified atom stereocenters. The zero-order chi connectivity index (χ0) is 20.8. The van der Waals surface area contributed by atoms with Crippen molar-refractivity contribution < 1.29 is 23.1 Å². The van der Waals surface area contributed by atoms with Crippen LogP contribution < -0.4 is 4.90 Å². The minimum absolute atomic E-state index is 0.0413. The Labute approximate surface area is 172 Å². The Morgan fingerprint density at radius 1 is 1.17 bits per heavy atom. The largest absolute Gasteiger partial charge is 0.417 e. The van der Waals surface area contributed by atoms with Gasteiger partial charge in [-0.05, 0) is 51.0 Å². The van der Waals surface area contributed by atoms with E-state index in [4.69, 9.17) is 11.6 Å². The van der Waals surface area contributed by atoms with Crippen molar-refractivity contribution in [3.05, 3.63) is 22.8 Å². The minimum Gasteiger partial charge on any atom is -0.393 e. The molecule has 29 heavy (non-hydrogen) atoms. The van der Waals surface area contributed by atoms with E-state index in [1.54, 1.807) is 0 Å². The number of rotatable bonds is 2. The number of alkyl halides is 3. The molecule has 2 saturated heterocycles. The van der Waals surface area contributed by atoms with E-state index in [2.05, 4.69) is 4.98 Å². The molecular weight excluding hydrogens is 407 g/mol. The molecule has 1 spiro atoms. The van der Waals surface area contributed by atoms with Crippen molar-refractivity contribution in [2.24, 2.45) is 5.41 Å². The van der Waals surface area contributed by atoms with E-state index >= 15 is 0 Å². The average molecular weight is 432 g/mol. The van der Waals surface area contributed by atoms with Crippen molar-refractivity contribution in [1.29, 1.82) is 0 Å². The molecule has 0 aromatic carbocycles. The Morgan fingerprint density at radius 2 is 1.90 bits per heavy atom. The summed E-state index contributed by atoms with van der Waals surface area (Å²) in [7, 11) is 0. The molecule has 2 aliphatic heterocycles. The number of anilines is 1. The van der Waals surface area contributed by atoms with Crippen LogP contribution in [0.3, 0.4) is 0 Å². The summed E-state index contributed by atoms with van der Waals surface area (Å²) in [4.78, 5) is 21.2. The lowest BCUT2D eigenvalue weighted by atomic mass is 9.78. The first-order chi connectivity index (χ1) is 13.7. The van der Waals surface area contributed by atoms with Crippen LogP contribution in [-0.2, 0) is 11.0 Å². The number of likely N-dealkylation sites (tertiary alicyclic amines) is 1. The highest BCUT2D eigenvalue weighted by molar-refractivity contribution is 6.33. The molecule has 1 aliphatic carbocycles. The fourth-order valence-electron chi connectivity index (χ4n) is 5.08. The van der Waals surface area contributed by atoms with Crippen LogP contribution in [0, 0.1) is 5.41 Å². The molecule has 1 aromatic rings. The highest BCUT2D eigenvalue weighted by Gasteiger charge is 2.51. The van der Waals surface area contributed by atoms with Crippen LogP contribution in [0.1, 0.15) is 50.5 Å². The molecule has 1 N–H and O–H groups in total. The second-order valence-corrected chi connectivity index (χ2v) is 8.95. The molecule has 1 aromatic heterocycles. The fourth-order valence-corrected chi connectivity index (χ4v) is 5.36. The van der Waals surface area contributed by atoms with Crippen LogP contribution >= 0.6 is 11.6 Å². The number of aromatic nitrogens is 1. The number of aliphatic hydroxyl groups is 1. The van der Waals surface area contributed by atoms with E-state index < -0.39 is 17.2 Å². The van der Waals surface area contributed by atoms with Gasteiger partial charge in [0, 0.05) is 31.9 Å². The molecule has 3 aliphatic rings.